The first-order valence-corrected chi connectivity index (χ1v) is 14.1. The second kappa shape index (κ2) is 14.2. The third kappa shape index (κ3) is 7.83. The minimum absolute atomic E-state index is 0.662. The van der Waals surface area contributed by atoms with E-state index < -0.39 is 0 Å². The monoisotopic (exact) mass is 505 g/mol. The summed E-state index contributed by atoms with van der Waals surface area (Å²) < 4.78 is 18.3. The zero-order valence-electron chi connectivity index (χ0n) is 22.9. The maximum atomic E-state index is 6.42. The quantitative estimate of drug-likeness (QED) is 0.257. The van der Waals surface area contributed by atoms with Gasteiger partial charge in [0.15, 0.2) is 0 Å². The Bertz CT molecular complexity index is 1090. The fourth-order valence-electron chi connectivity index (χ4n) is 4.77. The number of ether oxygens (including phenoxy) is 3. The number of hydrogen-bond donors (Lipinski definition) is 0. The highest BCUT2D eigenvalue weighted by atomic mass is 16.5. The minimum atomic E-state index is 0.662. The van der Waals surface area contributed by atoms with E-state index in [1.165, 1.54) is 32.4 Å². The van der Waals surface area contributed by atoms with Crippen molar-refractivity contribution >= 4 is 10.9 Å². The van der Waals surface area contributed by atoms with Gasteiger partial charge in [0, 0.05) is 30.1 Å². The summed E-state index contributed by atoms with van der Waals surface area (Å²) in [6, 6.07) is 16.4. The van der Waals surface area contributed by atoms with Crippen LogP contribution >= 0.6 is 0 Å². The molecule has 0 radical (unpaired) electrons. The Labute approximate surface area is 222 Å². The van der Waals surface area contributed by atoms with Gasteiger partial charge in [0.05, 0.1) is 17.8 Å². The highest BCUT2D eigenvalue weighted by Gasteiger charge is 2.13. The molecule has 0 atom stereocenters. The number of rotatable bonds is 14. The first kappa shape index (κ1) is 27.2. The van der Waals surface area contributed by atoms with Crippen molar-refractivity contribution in [2.45, 2.75) is 46.5 Å². The molecule has 4 rings (SSSR count). The molecule has 6 heteroatoms. The van der Waals surface area contributed by atoms with Crippen LogP contribution in [0.3, 0.4) is 0 Å². The van der Waals surface area contributed by atoms with Crippen molar-refractivity contribution in [3.05, 3.63) is 48.5 Å². The third-order valence-corrected chi connectivity index (χ3v) is 7.05. The van der Waals surface area contributed by atoms with E-state index in [0.717, 1.165) is 78.6 Å². The van der Waals surface area contributed by atoms with Gasteiger partial charge in [0.25, 0.3) is 0 Å². The lowest BCUT2D eigenvalue weighted by molar-refractivity contribution is 0.184. The lowest BCUT2D eigenvalue weighted by Crippen LogP contribution is -2.33. The standard InChI is InChI=1S/C31H43N3O3/c1-4-20-35-26-12-10-25(11-13-26)30-24-31(37-22-19-34-16-8-7-9-17-34)28-23-27(14-15-29(28)32-30)36-21-18-33(5-2)6-3/h10-15,23-24H,4-9,16-22H2,1-3H3. The van der Waals surface area contributed by atoms with Gasteiger partial charge in [-0.15, -0.1) is 0 Å². The largest absolute Gasteiger partial charge is 0.494 e. The number of aromatic nitrogens is 1. The fourth-order valence-corrected chi connectivity index (χ4v) is 4.77. The van der Waals surface area contributed by atoms with Crippen molar-refractivity contribution < 1.29 is 14.2 Å². The third-order valence-electron chi connectivity index (χ3n) is 7.05. The maximum absolute atomic E-state index is 6.42. The fraction of sp³-hybridized carbons (Fsp3) is 0.516. The van der Waals surface area contributed by atoms with Crippen LogP contribution in [0.1, 0.15) is 46.5 Å². The van der Waals surface area contributed by atoms with Gasteiger partial charge in [-0.2, -0.15) is 0 Å². The topological polar surface area (TPSA) is 47.1 Å². The number of likely N-dealkylation sites (tertiary alicyclic amines) is 1. The first-order chi connectivity index (χ1) is 18.2. The van der Waals surface area contributed by atoms with Crippen LogP contribution in [0.15, 0.2) is 48.5 Å². The van der Waals surface area contributed by atoms with Crippen LogP contribution in [0.5, 0.6) is 17.2 Å². The predicted molar refractivity (Wildman–Crippen MR) is 152 cm³/mol. The highest BCUT2D eigenvalue weighted by molar-refractivity contribution is 5.89. The van der Waals surface area contributed by atoms with Gasteiger partial charge >= 0.3 is 0 Å². The number of likely N-dealkylation sites (N-methyl/N-ethyl adjacent to an activating group) is 1. The summed E-state index contributed by atoms with van der Waals surface area (Å²) in [4.78, 5) is 9.85. The van der Waals surface area contributed by atoms with Crippen LogP contribution in [0.25, 0.3) is 22.2 Å². The summed E-state index contributed by atoms with van der Waals surface area (Å²) >= 11 is 0. The van der Waals surface area contributed by atoms with Crippen molar-refractivity contribution in [3.63, 3.8) is 0 Å². The van der Waals surface area contributed by atoms with Crippen molar-refractivity contribution in [2.24, 2.45) is 0 Å². The molecule has 0 amide bonds. The Hall–Kier alpha value is -2.83. The molecule has 1 aliphatic heterocycles. The molecule has 0 bridgehead atoms. The Morgan fingerprint density at radius 3 is 2.24 bits per heavy atom. The number of fused-ring (bicyclic) bond motifs is 1. The second-order valence-corrected chi connectivity index (χ2v) is 9.68. The maximum Gasteiger partial charge on any atom is 0.131 e. The van der Waals surface area contributed by atoms with Crippen molar-refractivity contribution in [1.29, 1.82) is 0 Å². The first-order valence-electron chi connectivity index (χ1n) is 14.1. The van der Waals surface area contributed by atoms with Crippen molar-refractivity contribution in [1.82, 2.24) is 14.8 Å². The molecule has 6 nitrogen and oxygen atoms in total. The van der Waals surface area contributed by atoms with Crippen LogP contribution in [0, 0.1) is 0 Å². The van der Waals surface area contributed by atoms with E-state index in [1.807, 2.05) is 24.3 Å². The molecule has 0 spiro atoms. The SMILES string of the molecule is CCCOc1ccc(-c2cc(OCCN3CCCCC3)c3cc(OCCN(CC)CC)ccc3n2)cc1. The van der Waals surface area contributed by atoms with E-state index in [2.05, 4.69) is 54.8 Å². The van der Waals surface area contributed by atoms with E-state index in [-0.39, 0.29) is 0 Å². The average Bonchev–Trinajstić information content (AvgIpc) is 2.95. The minimum Gasteiger partial charge on any atom is -0.494 e. The van der Waals surface area contributed by atoms with Crippen LogP contribution in [-0.4, -0.2) is 73.9 Å². The molecule has 3 aromatic rings. The molecule has 2 heterocycles. The number of nitrogens with zero attached hydrogens (tertiary/aromatic N) is 3. The number of benzene rings is 2. The van der Waals surface area contributed by atoms with Crippen LogP contribution in [-0.2, 0) is 0 Å². The lowest BCUT2D eigenvalue weighted by atomic mass is 10.1. The van der Waals surface area contributed by atoms with E-state index in [9.17, 15) is 0 Å². The molecular formula is C31H43N3O3. The van der Waals surface area contributed by atoms with E-state index in [4.69, 9.17) is 19.2 Å². The highest BCUT2D eigenvalue weighted by Crippen LogP contribution is 2.33. The van der Waals surface area contributed by atoms with E-state index in [0.29, 0.717) is 13.2 Å². The van der Waals surface area contributed by atoms with Gasteiger partial charge in [0.2, 0.25) is 0 Å². The lowest BCUT2D eigenvalue weighted by Gasteiger charge is -2.26. The van der Waals surface area contributed by atoms with Gasteiger partial charge < -0.3 is 19.1 Å². The summed E-state index contributed by atoms with van der Waals surface area (Å²) in [6.45, 7) is 14.8. The molecule has 0 saturated carbocycles. The Morgan fingerprint density at radius 2 is 1.51 bits per heavy atom. The predicted octanol–water partition coefficient (Wildman–Crippen LogP) is 6.28. The summed E-state index contributed by atoms with van der Waals surface area (Å²) in [5.41, 5.74) is 2.86. The normalized spacial score (nSPS) is 14.3. The molecule has 2 aromatic carbocycles. The molecule has 0 unspecified atom stereocenters. The number of pyridine rings is 1. The molecule has 1 fully saturated rings. The van der Waals surface area contributed by atoms with Crippen LogP contribution in [0.2, 0.25) is 0 Å². The summed E-state index contributed by atoms with van der Waals surface area (Å²) in [6.07, 6.45) is 4.91. The Kier molecular flexibility index (Phi) is 10.4. The summed E-state index contributed by atoms with van der Waals surface area (Å²) in [5.74, 6) is 2.60. The molecule has 37 heavy (non-hydrogen) atoms. The van der Waals surface area contributed by atoms with Gasteiger partial charge in [0.1, 0.15) is 30.5 Å². The Morgan fingerprint density at radius 1 is 0.784 bits per heavy atom. The summed E-state index contributed by atoms with van der Waals surface area (Å²) in [7, 11) is 0. The van der Waals surface area contributed by atoms with E-state index in [1.54, 1.807) is 0 Å². The van der Waals surface area contributed by atoms with Gasteiger partial charge in [-0.1, -0.05) is 27.2 Å². The smallest absolute Gasteiger partial charge is 0.131 e. The van der Waals surface area contributed by atoms with Crippen molar-refractivity contribution in [3.8, 4) is 28.5 Å². The van der Waals surface area contributed by atoms with Gasteiger partial charge in [-0.25, -0.2) is 4.98 Å². The van der Waals surface area contributed by atoms with Crippen LogP contribution in [0.4, 0.5) is 0 Å². The second-order valence-electron chi connectivity index (χ2n) is 9.68. The molecule has 1 aliphatic rings. The molecule has 200 valence electrons. The van der Waals surface area contributed by atoms with E-state index >= 15 is 0 Å². The zero-order valence-corrected chi connectivity index (χ0v) is 22.9. The van der Waals surface area contributed by atoms with Crippen LogP contribution < -0.4 is 14.2 Å². The average molecular weight is 506 g/mol. The molecule has 1 aromatic heterocycles. The molecule has 0 aliphatic carbocycles. The Balaban J connectivity index is 1.55. The number of piperidine rings is 1. The summed E-state index contributed by atoms with van der Waals surface area (Å²) in [5, 5.41) is 0.991. The van der Waals surface area contributed by atoms with Gasteiger partial charge in [-0.05, 0) is 87.9 Å². The molecule has 1 saturated heterocycles. The number of hydrogen-bond acceptors (Lipinski definition) is 6. The van der Waals surface area contributed by atoms with Crippen molar-refractivity contribution in [2.75, 3.05) is 59.1 Å². The zero-order chi connectivity index (χ0) is 25.9. The van der Waals surface area contributed by atoms with Gasteiger partial charge in [-0.3, -0.25) is 4.90 Å². The molecular weight excluding hydrogens is 462 g/mol. The molecule has 0 N–H and O–H groups in total.